The Morgan fingerprint density at radius 2 is 2.04 bits per heavy atom. The molecule has 0 N–H and O–H groups in total. The van der Waals surface area contributed by atoms with Gasteiger partial charge in [0, 0.05) is 6.54 Å². The van der Waals surface area contributed by atoms with E-state index in [9.17, 15) is 9.59 Å². The van der Waals surface area contributed by atoms with Crippen LogP contribution < -0.4 is 4.90 Å². The molecular formula is C16H15N3O3S2. The molecule has 0 aliphatic carbocycles. The molecule has 24 heavy (non-hydrogen) atoms. The molecule has 0 unspecified atom stereocenters. The van der Waals surface area contributed by atoms with Crippen molar-refractivity contribution in [3.05, 3.63) is 40.3 Å². The van der Waals surface area contributed by atoms with Crippen LogP contribution in [-0.4, -0.2) is 35.0 Å². The summed E-state index contributed by atoms with van der Waals surface area (Å²) in [6.07, 6.45) is 1.46. The molecule has 1 aromatic carbocycles. The van der Waals surface area contributed by atoms with Crippen molar-refractivity contribution in [1.29, 1.82) is 0 Å². The number of ether oxygens (including phenoxy) is 1. The van der Waals surface area contributed by atoms with Gasteiger partial charge in [-0.25, -0.2) is 14.8 Å². The number of rotatable bonds is 5. The summed E-state index contributed by atoms with van der Waals surface area (Å²) in [5.74, 6) is -0.833. The summed E-state index contributed by atoms with van der Waals surface area (Å²) in [6, 6.07) is 7.70. The van der Waals surface area contributed by atoms with Crippen LogP contribution in [0, 0.1) is 6.92 Å². The summed E-state index contributed by atoms with van der Waals surface area (Å²) in [5.41, 5.74) is 0.848. The average molecular weight is 361 g/mol. The van der Waals surface area contributed by atoms with Crippen molar-refractivity contribution in [2.75, 3.05) is 18.1 Å². The molecule has 0 aliphatic rings. The molecule has 0 aliphatic heterocycles. The number of hydrogen-bond donors (Lipinski definition) is 0. The zero-order valence-electron chi connectivity index (χ0n) is 13.2. The van der Waals surface area contributed by atoms with E-state index in [1.807, 2.05) is 31.2 Å². The number of aromatic nitrogens is 2. The van der Waals surface area contributed by atoms with Gasteiger partial charge in [-0.1, -0.05) is 23.5 Å². The third-order valence-electron chi connectivity index (χ3n) is 3.28. The fourth-order valence-electron chi connectivity index (χ4n) is 2.13. The average Bonchev–Trinajstić information content (AvgIpc) is 3.19. The van der Waals surface area contributed by atoms with Crippen molar-refractivity contribution in [1.82, 2.24) is 9.97 Å². The van der Waals surface area contributed by atoms with Crippen molar-refractivity contribution in [3.8, 4) is 0 Å². The molecule has 1 amide bonds. The second-order valence-electron chi connectivity index (χ2n) is 4.92. The standard InChI is InChI=1S/C16H15N3O3S2/c1-3-19(16-18-11-6-4-5-7-12(11)24-16)14(20)9-22-15(21)13-8-17-10(2)23-13/h4-8H,3,9H2,1-2H3. The molecule has 0 atom stereocenters. The number of amides is 1. The van der Waals surface area contributed by atoms with E-state index in [1.54, 1.807) is 6.92 Å². The number of carbonyl (C=O) groups is 2. The highest BCUT2D eigenvalue weighted by Crippen LogP contribution is 2.28. The van der Waals surface area contributed by atoms with Gasteiger partial charge in [0.25, 0.3) is 5.91 Å². The van der Waals surface area contributed by atoms with Crippen LogP contribution in [0.3, 0.4) is 0 Å². The number of nitrogens with zero attached hydrogens (tertiary/aromatic N) is 3. The summed E-state index contributed by atoms with van der Waals surface area (Å²) in [6.45, 7) is 3.80. The smallest absolute Gasteiger partial charge is 0.350 e. The number of benzene rings is 1. The molecule has 0 fully saturated rings. The molecule has 8 heteroatoms. The van der Waals surface area contributed by atoms with Gasteiger partial charge in [-0.3, -0.25) is 9.69 Å². The van der Waals surface area contributed by atoms with E-state index in [-0.39, 0.29) is 12.5 Å². The van der Waals surface area contributed by atoms with Crippen molar-refractivity contribution in [2.45, 2.75) is 13.8 Å². The van der Waals surface area contributed by atoms with Crippen molar-refractivity contribution >= 4 is 49.9 Å². The first-order chi connectivity index (χ1) is 11.6. The predicted octanol–water partition coefficient (Wildman–Crippen LogP) is 3.27. The van der Waals surface area contributed by atoms with Gasteiger partial charge in [-0.15, -0.1) is 11.3 Å². The lowest BCUT2D eigenvalue weighted by atomic mass is 10.3. The molecule has 2 aromatic heterocycles. The van der Waals surface area contributed by atoms with Crippen molar-refractivity contribution in [2.24, 2.45) is 0 Å². The molecule has 0 bridgehead atoms. The Labute approximate surface area is 146 Å². The van der Waals surface area contributed by atoms with Crippen LogP contribution in [0.1, 0.15) is 21.6 Å². The fourth-order valence-corrected chi connectivity index (χ4v) is 3.84. The van der Waals surface area contributed by atoms with Gasteiger partial charge in [0.2, 0.25) is 0 Å². The summed E-state index contributed by atoms with van der Waals surface area (Å²) < 4.78 is 6.11. The maximum atomic E-state index is 12.4. The van der Waals surface area contributed by atoms with Crippen LogP contribution in [0.2, 0.25) is 0 Å². The van der Waals surface area contributed by atoms with Crippen LogP contribution >= 0.6 is 22.7 Å². The zero-order valence-corrected chi connectivity index (χ0v) is 14.8. The zero-order chi connectivity index (χ0) is 17.1. The summed E-state index contributed by atoms with van der Waals surface area (Å²) in [4.78, 5) is 34.7. The second-order valence-corrected chi connectivity index (χ2v) is 7.17. The molecule has 0 saturated carbocycles. The lowest BCUT2D eigenvalue weighted by Crippen LogP contribution is -2.34. The minimum Gasteiger partial charge on any atom is -0.451 e. The van der Waals surface area contributed by atoms with E-state index in [0.717, 1.165) is 15.2 Å². The maximum absolute atomic E-state index is 12.4. The molecule has 124 valence electrons. The van der Waals surface area contributed by atoms with Crippen LogP contribution in [0.15, 0.2) is 30.5 Å². The largest absolute Gasteiger partial charge is 0.451 e. The van der Waals surface area contributed by atoms with Gasteiger partial charge in [-0.05, 0) is 26.0 Å². The Morgan fingerprint density at radius 3 is 2.71 bits per heavy atom. The number of likely N-dealkylation sites (N-methyl/N-ethyl adjacent to an activating group) is 1. The lowest BCUT2D eigenvalue weighted by molar-refractivity contribution is -0.121. The van der Waals surface area contributed by atoms with Gasteiger partial charge in [0.05, 0.1) is 21.4 Å². The quantitative estimate of drug-likeness (QED) is 0.652. The number of aryl methyl sites for hydroxylation is 1. The summed E-state index contributed by atoms with van der Waals surface area (Å²) >= 11 is 2.68. The van der Waals surface area contributed by atoms with E-state index in [4.69, 9.17) is 4.74 Å². The Balaban J connectivity index is 1.68. The van der Waals surface area contributed by atoms with Gasteiger partial charge in [0.1, 0.15) is 4.88 Å². The second kappa shape index (κ2) is 7.06. The number of hydrogen-bond acceptors (Lipinski definition) is 7. The molecule has 6 nitrogen and oxygen atoms in total. The van der Waals surface area contributed by atoms with Crippen LogP contribution in [0.4, 0.5) is 5.13 Å². The first-order valence-electron chi connectivity index (χ1n) is 7.34. The van der Waals surface area contributed by atoms with Gasteiger partial charge in [-0.2, -0.15) is 0 Å². The van der Waals surface area contributed by atoms with Gasteiger partial charge >= 0.3 is 5.97 Å². The van der Waals surface area contributed by atoms with E-state index in [0.29, 0.717) is 16.6 Å². The van der Waals surface area contributed by atoms with Gasteiger partial charge < -0.3 is 4.74 Å². The molecule has 2 heterocycles. The van der Waals surface area contributed by atoms with E-state index < -0.39 is 5.97 Å². The van der Waals surface area contributed by atoms with Crippen LogP contribution in [0.25, 0.3) is 10.2 Å². The number of carbonyl (C=O) groups excluding carboxylic acids is 2. The summed E-state index contributed by atoms with van der Waals surface area (Å²) in [7, 11) is 0. The predicted molar refractivity (Wildman–Crippen MR) is 94.8 cm³/mol. The van der Waals surface area contributed by atoms with Crippen LogP contribution in [0.5, 0.6) is 0 Å². The highest BCUT2D eigenvalue weighted by molar-refractivity contribution is 7.22. The van der Waals surface area contributed by atoms with E-state index in [1.165, 1.54) is 33.8 Å². The third kappa shape index (κ3) is 3.44. The number of fused-ring (bicyclic) bond motifs is 1. The first kappa shape index (κ1) is 16.5. The molecular weight excluding hydrogens is 346 g/mol. The Kier molecular flexibility index (Phi) is 4.86. The van der Waals surface area contributed by atoms with E-state index >= 15 is 0 Å². The SMILES string of the molecule is CCN(C(=O)COC(=O)c1cnc(C)s1)c1nc2ccccc2s1. The van der Waals surface area contributed by atoms with Gasteiger partial charge in [0.15, 0.2) is 11.7 Å². The molecule has 3 aromatic rings. The fraction of sp³-hybridized carbons (Fsp3) is 0.250. The highest BCUT2D eigenvalue weighted by atomic mass is 32.1. The molecule has 0 radical (unpaired) electrons. The third-order valence-corrected chi connectivity index (χ3v) is 5.23. The van der Waals surface area contributed by atoms with Crippen molar-refractivity contribution in [3.63, 3.8) is 0 Å². The monoisotopic (exact) mass is 361 g/mol. The highest BCUT2D eigenvalue weighted by Gasteiger charge is 2.20. The first-order valence-corrected chi connectivity index (χ1v) is 8.97. The lowest BCUT2D eigenvalue weighted by Gasteiger charge is -2.17. The maximum Gasteiger partial charge on any atom is 0.350 e. The van der Waals surface area contributed by atoms with Crippen molar-refractivity contribution < 1.29 is 14.3 Å². The topological polar surface area (TPSA) is 72.4 Å². The number of esters is 1. The Hall–Kier alpha value is -2.32. The normalized spacial score (nSPS) is 10.8. The Morgan fingerprint density at radius 1 is 1.25 bits per heavy atom. The molecule has 0 saturated heterocycles. The van der Waals surface area contributed by atoms with E-state index in [2.05, 4.69) is 9.97 Å². The van der Waals surface area contributed by atoms with Crippen LogP contribution in [-0.2, 0) is 9.53 Å². The number of thiazole rings is 2. The number of para-hydroxylation sites is 1. The minimum atomic E-state index is -0.533. The molecule has 3 rings (SSSR count). The summed E-state index contributed by atoms with van der Waals surface area (Å²) in [5, 5.41) is 1.38. The molecule has 0 spiro atoms. The minimum absolute atomic E-state index is 0.300. The number of anilines is 1. The Bertz CT molecular complexity index is 854.